The molecule has 108 valence electrons. The van der Waals surface area contributed by atoms with Crippen LogP contribution in [0.4, 0.5) is 0 Å². The Labute approximate surface area is 120 Å². The zero-order valence-corrected chi connectivity index (χ0v) is 11.5. The number of nitrogens with zero attached hydrogens (tertiary/aromatic N) is 3. The minimum Gasteiger partial charge on any atom is -0.359 e. The van der Waals surface area contributed by atoms with E-state index >= 15 is 0 Å². The summed E-state index contributed by atoms with van der Waals surface area (Å²) in [6.07, 6.45) is 0.805. The highest BCUT2D eigenvalue weighted by Gasteiger charge is 2.14. The lowest BCUT2D eigenvalue weighted by atomic mass is 10.3. The Morgan fingerprint density at radius 1 is 1.43 bits per heavy atom. The number of nitrogens with two attached hydrogens (primary N) is 1. The highest BCUT2D eigenvalue weighted by Crippen LogP contribution is 2.18. The number of nitrogens with one attached hydrogen (secondary N) is 1. The molecule has 3 aromatic rings. The summed E-state index contributed by atoms with van der Waals surface area (Å²) in [4.78, 5) is 16.0. The van der Waals surface area contributed by atoms with Crippen LogP contribution in [0, 0.1) is 0 Å². The second-order valence-electron chi connectivity index (χ2n) is 4.61. The van der Waals surface area contributed by atoms with E-state index in [-0.39, 0.29) is 5.69 Å². The van der Waals surface area contributed by atoms with Crippen LogP contribution in [0.25, 0.3) is 11.0 Å². The Bertz CT molecular complexity index is 790. The van der Waals surface area contributed by atoms with Gasteiger partial charge in [-0.1, -0.05) is 24.2 Å². The number of rotatable bonds is 4. The molecule has 0 aliphatic heterocycles. The van der Waals surface area contributed by atoms with E-state index in [1.54, 1.807) is 6.07 Å². The normalized spacial score (nSPS) is 11.0. The van der Waals surface area contributed by atoms with Crippen LogP contribution in [-0.2, 0) is 13.0 Å². The molecule has 0 saturated heterocycles. The third-order valence-corrected chi connectivity index (χ3v) is 3.29. The van der Waals surface area contributed by atoms with E-state index in [1.807, 2.05) is 36.6 Å². The molecule has 3 rings (SSSR count). The molecule has 0 aliphatic rings. The van der Waals surface area contributed by atoms with E-state index < -0.39 is 5.91 Å². The lowest BCUT2D eigenvalue weighted by molar-refractivity contribution is 0.0944. The second kappa shape index (κ2) is 5.37. The van der Waals surface area contributed by atoms with Crippen LogP contribution >= 0.6 is 0 Å². The number of benzene rings is 1. The molecule has 0 radical (unpaired) electrons. The molecule has 0 bridgehead atoms. The maximum atomic E-state index is 11.4. The third-order valence-electron chi connectivity index (χ3n) is 3.29. The molecule has 0 aliphatic carbocycles. The van der Waals surface area contributed by atoms with Gasteiger partial charge in [0.2, 0.25) is 0 Å². The van der Waals surface area contributed by atoms with Crippen LogP contribution < -0.4 is 11.3 Å². The van der Waals surface area contributed by atoms with Gasteiger partial charge in [-0.05, 0) is 12.1 Å². The van der Waals surface area contributed by atoms with Crippen molar-refractivity contribution in [1.82, 2.24) is 20.1 Å². The highest BCUT2D eigenvalue weighted by atomic mass is 16.5. The minimum absolute atomic E-state index is 0.162. The standard InChI is InChI=1S/C14H15N5O2/c1-2-13-16-10-5-3-4-6-12(10)19(13)8-9-7-11(18-21-9)14(20)17-15/h3-7H,2,8,15H2,1H3,(H,17,20). The van der Waals surface area contributed by atoms with E-state index in [2.05, 4.69) is 14.7 Å². The molecular formula is C14H15N5O2. The molecular weight excluding hydrogens is 270 g/mol. The fourth-order valence-electron chi connectivity index (χ4n) is 2.30. The van der Waals surface area contributed by atoms with Crippen LogP contribution in [0.3, 0.4) is 0 Å². The first-order valence-electron chi connectivity index (χ1n) is 6.63. The van der Waals surface area contributed by atoms with Gasteiger partial charge in [0.1, 0.15) is 5.82 Å². The van der Waals surface area contributed by atoms with Gasteiger partial charge in [-0.15, -0.1) is 0 Å². The fourth-order valence-corrected chi connectivity index (χ4v) is 2.30. The highest BCUT2D eigenvalue weighted by molar-refractivity contribution is 5.91. The van der Waals surface area contributed by atoms with Crippen molar-refractivity contribution in [3.05, 3.63) is 47.6 Å². The van der Waals surface area contributed by atoms with Crippen LogP contribution in [0.2, 0.25) is 0 Å². The van der Waals surface area contributed by atoms with Gasteiger partial charge >= 0.3 is 0 Å². The van der Waals surface area contributed by atoms with E-state index in [4.69, 9.17) is 10.4 Å². The quantitative estimate of drug-likeness (QED) is 0.427. The first-order chi connectivity index (χ1) is 10.2. The Morgan fingerprint density at radius 3 is 3.00 bits per heavy atom. The van der Waals surface area contributed by atoms with Crippen molar-refractivity contribution < 1.29 is 9.32 Å². The maximum absolute atomic E-state index is 11.4. The number of hydrazine groups is 1. The van der Waals surface area contributed by atoms with E-state index in [0.717, 1.165) is 23.3 Å². The molecule has 0 atom stereocenters. The fraction of sp³-hybridized carbons (Fsp3) is 0.214. The van der Waals surface area contributed by atoms with Gasteiger partial charge in [-0.2, -0.15) is 0 Å². The van der Waals surface area contributed by atoms with Gasteiger partial charge in [-0.3, -0.25) is 10.2 Å². The summed E-state index contributed by atoms with van der Waals surface area (Å²) < 4.78 is 7.25. The smallest absolute Gasteiger partial charge is 0.287 e. The topological polar surface area (TPSA) is 99.0 Å². The van der Waals surface area contributed by atoms with Crippen molar-refractivity contribution in [2.45, 2.75) is 19.9 Å². The largest absolute Gasteiger partial charge is 0.359 e. The Morgan fingerprint density at radius 2 is 2.24 bits per heavy atom. The third kappa shape index (κ3) is 2.38. The zero-order valence-electron chi connectivity index (χ0n) is 11.5. The molecule has 0 saturated carbocycles. The van der Waals surface area contributed by atoms with Gasteiger partial charge in [0.15, 0.2) is 11.5 Å². The van der Waals surface area contributed by atoms with Gasteiger partial charge < -0.3 is 9.09 Å². The Hall–Kier alpha value is -2.67. The molecule has 3 N–H and O–H groups in total. The van der Waals surface area contributed by atoms with Gasteiger partial charge in [0.05, 0.1) is 17.6 Å². The van der Waals surface area contributed by atoms with E-state index in [9.17, 15) is 4.79 Å². The average molecular weight is 285 g/mol. The van der Waals surface area contributed by atoms with Crippen molar-refractivity contribution in [3.63, 3.8) is 0 Å². The minimum atomic E-state index is -0.476. The summed E-state index contributed by atoms with van der Waals surface area (Å²) in [5, 5.41) is 3.70. The van der Waals surface area contributed by atoms with Crippen molar-refractivity contribution in [1.29, 1.82) is 0 Å². The summed E-state index contributed by atoms with van der Waals surface area (Å²) in [6, 6.07) is 9.48. The van der Waals surface area contributed by atoms with Crippen molar-refractivity contribution >= 4 is 16.9 Å². The van der Waals surface area contributed by atoms with Crippen LogP contribution in [0.5, 0.6) is 0 Å². The first-order valence-corrected chi connectivity index (χ1v) is 6.63. The predicted molar refractivity (Wildman–Crippen MR) is 76.4 cm³/mol. The van der Waals surface area contributed by atoms with Crippen molar-refractivity contribution in [3.8, 4) is 0 Å². The lowest BCUT2D eigenvalue weighted by Crippen LogP contribution is -2.30. The number of nitrogen functional groups attached to an aromatic ring is 1. The van der Waals surface area contributed by atoms with E-state index in [1.165, 1.54) is 0 Å². The van der Waals surface area contributed by atoms with Crippen molar-refractivity contribution in [2.24, 2.45) is 5.84 Å². The molecule has 7 nitrogen and oxygen atoms in total. The number of imidazole rings is 1. The number of hydrogen-bond donors (Lipinski definition) is 2. The summed E-state index contributed by atoms with van der Waals surface area (Å²) in [7, 11) is 0. The Balaban J connectivity index is 1.97. The number of aromatic nitrogens is 3. The van der Waals surface area contributed by atoms with Gasteiger partial charge in [0.25, 0.3) is 5.91 Å². The van der Waals surface area contributed by atoms with Gasteiger partial charge in [-0.25, -0.2) is 10.8 Å². The molecule has 7 heteroatoms. The molecule has 0 spiro atoms. The molecule has 2 aromatic heterocycles. The van der Waals surface area contributed by atoms with Crippen LogP contribution in [-0.4, -0.2) is 20.6 Å². The number of fused-ring (bicyclic) bond motifs is 1. The summed E-state index contributed by atoms with van der Waals surface area (Å²) in [5.74, 6) is 6.13. The number of amides is 1. The summed E-state index contributed by atoms with van der Waals surface area (Å²) >= 11 is 0. The molecule has 2 heterocycles. The number of hydrogen-bond acceptors (Lipinski definition) is 5. The average Bonchev–Trinajstić information content (AvgIpc) is 3.12. The summed E-state index contributed by atoms with van der Waals surface area (Å²) in [6.45, 7) is 2.51. The Kier molecular flexibility index (Phi) is 3.41. The summed E-state index contributed by atoms with van der Waals surface area (Å²) in [5.41, 5.74) is 4.15. The molecule has 1 amide bonds. The monoisotopic (exact) mass is 285 g/mol. The van der Waals surface area contributed by atoms with Gasteiger partial charge in [0, 0.05) is 12.5 Å². The molecule has 0 fully saturated rings. The SMILES string of the molecule is CCc1nc2ccccc2n1Cc1cc(C(=O)NN)no1. The maximum Gasteiger partial charge on any atom is 0.287 e. The second-order valence-corrected chi connectivity index (χ2v) is 4.61. The molecule has 21 heavy (non-hydrogen) atoms. The number of carbonyl (C=O) groups excluding carboxylic acids is 1. The van der Waals surface area contributed by atoms with Crippen LogP contribution in [0.1, 0.15) is 29.0 Å². The zero-order chi connectivity index (χ0) is 14.8. The number of aryl methyl sites for hydroxylation is 1. The molecule has 0 unspecified atom stereocenters. The lowest BCUT2D eigenvalue weighted by Gasteiger charge is -2.04. The van der Waals surface area contributed by atoms with Crippen LogP contribution in [0.15, 0.2) is 34.9 Å². The van der Waals surface area contributed by atoms with Crippen molar-refractivity contribution in [2.75, 3.05) is 0 Å². The first kappa shape index (κ1) is 13.3. The number of carbonyl (C=O) groups is 1. The number of para-hydroxylation sites is 2. The predicted octanol–water partition coefficient (Wildman–Crippen LogP) is 1.24. The molecule has 1 aromatic carbocycles. The van der Waals surface area contributed by atoms with E-state index in [0.29, 0.717) is 12.3 Å².